The minimum absolute atomic E-state index is 0.238. The predicted molar refractivity (Wildman–Crippen MR) is 93.9 cm³/mol. The molecule has 26 heavy (non-hydrogen) atoms. The molecule has 6 nitrogen and oxygen atoms in total. The molecule has 6 heteroatoms. The molecule has 0 amide bonds. The van der Waals surface area contributed by atoms with Gasteiger partial charge < -0.3 is 14.2 Å². The summed E-state index contributed by atoms with van der Waals surface area (Å²) < 4.78 is 17.4. The molecule has 3 aliphatic rings. The van der Waals surface area contributed by atoms with Crippen LogP contribution < -0.4 is 0 Å². The molecule has 0 aromatic heterocycles. The summed E-state index contributed by atoms with van der Waals surface area (Å²) in [5.41, 5.74) is 1.14. The topological polar surface area (TPSA) is 57.2 Å². The third-order valence-electron chi connectivity index (χ3n) is 5.63. The Balaban J connectivity index is 1.45. The molecule has 1 saturated carbocycles. The van der Waals surface area contributed by atoms with E-state index in [9.17, 15) is 4.79 Å². The average Bonchev–Trinajstić information content (AvgIpc) is 3.27. The summed E-state index contributed by atoms with van der Waals surface area (Å²) in [6.45, 7) is 1.60. The first-order valence-corrected chi connectivity index (χ1v) is 9.54. The summed E-state index contributed by atoms with van der Waals surface area (Å²) in [6, 6.07) is 10.1. The van der Waals surface area contributed by atoms with E-state index < -0.39 is 5.79 Å². The minimum Gasteiger partial charge on any atom is -0.469 e. The van der Waals surface area contributed by atoms with Gasteiger partial charge in [0.2, 0.25) is 0 Å². The third-order valence-corrected chi connectivity index (χ3v) is 5.63. The van der Waals surface area contributed by atoms with E-state index >= 15 is 0 Å². The normalized spacial score (nSPS) is 31.3. The lowest BCUT2D eigenvalue weighted by Gasteiger charge is -2.32. The van der Waals surface area contributed by atoms with Crippen molar-refractivity contribution in [2.24, 2.45) is 5.92 Å². The SMILES string of the molecule is COC(=O)[C@H]1CN(Cc2ccccc2)O[C@@H]1[C@H]1COC2(CCCCC2)O1. The van der Waals surface area contributed by atoms with Gasteiger partial charge in [0.1, 0.15) is 18.1 Å². The van der Waals surface area contributed by atoms with Gasteiger partial charge in [-0.2, -0.15) is 5.06 Å². The minimum atomic E-state index is -0.472. The highest BCUT2D eigenvalue weighted by Crippen LogP contribution is 2.41. The van der Waals surface area contributed by atoms with Crippen LogP contribution in [0.25, 0.3) is 0 Å². The van der Waals surface area contributed by atoms with Crippen molar-refractivity contribution in [3.05, 3.63) is 35.9 Å². The second-order valence-electron chi connectivity index (χ2n) is 7.45. The molecule has 1 spiro atoms. The van der Waals surface area contributed by atoms with Crippen LogP contribution in [0.3, 0.4) is 0 Å². The zero-order valence-corrected chi connectivity index (χ0v) is 15.3. The highest BCUT2D eigenvalue weighted by Gasteiger charge is 2.51. The molecular weight excluding hydrogens is 334 g/mol. The maximum atomic E-state index is 12.3. The number of carbonyl (C=O) groups is 1. The zero-order valence-electron chi connectivity index (χ0n) is 15.3. The van der Waals surface area contributed by atoms with Crippen molar-refractivity contribution < 1.29 is 23.8 Å². The first kappa shape index (κ1) is 17.9. The Bertz CT molecular complexity index is 616. The van der Waals surface area contributed by atoms with Crippen LogP contribution in [0.2, 0.25) is 0 Å². The first-order valence-electron chi connectivity index (χ1n) is 9.54. The zero-order chi connectivity index (χ0) is 18.0. The van der Waals surface area contributed by atoms with Crippen LogP contribution in [-0.4, -0.2) is 49.3 Å². The Morgan fingerprint density at radius 1 is 1.23 bits per heavy atom. The highest BCUT2D eigenvalue weighted by atomic mass is 16.8. The van der Waals surface area contributed by atoms with Crippen LogP contribution in [0, 0.1) is 5.92 Å². The fraction of sp³-hybridized carbons (Fsp3) is 0.650. The molecule has 2 heterocycles. The molecule has 2 aliphatic heterocycles. The summed E-state index contributed by atoms with van der Waals surface area (Å²) in [5.74, 6) is -1.09. The molecule has 0 radical (unpaired) electrons. The maximum Gasteiger partial charge on any atom is 0.312 e. The largest absolute Gasteiger partial charge is 0.469 e. The molecule has 3 fully saturated rings. The van der Waals surface area contributed by atoms with Gasteiger partial charge in [-0.1, -0.05) is 36.8 Å². The fourth-order valence-electron chi connectivity index (χ4n) is 4.28. The molecule has 2 saturated heterocycles. The lowest BCUT2D eigenvalue weighted by molar-refractivity contribution is -0.222. The van der Waals surface area contributed by atoms with Crippen LogP contribution >= 0.6 is 0 Å². The number of carbonyl (C=O) groups excluding carboxylic acids is 1. The molecule has 1 aliphatic carbocycles. The lowest BCUT2D eigenvalue weighted by Crippen LogP contribution is -2.40. The van der Waals surface area contributed by atoms with E-state index in [1.165, 1.54) is 13.5 Å². The summed E-state index contributed by atoms with van der Waals surface area (Å²) in [4.78, 5) is 18.5. The quantitative estimate of drug-likeness (QED) is 0.769. The van der Waals surface area contributed by atoms with Crippen LogP contribution in [0.1, 0.15) is 37.7 Å². The molecule has 4 rings (SSSR count). The second-order valence-corrected chi connectivity index (χ2v) is 7.45. The fourth-order valence-corrected chi connectivity index (χ4v) is 4.28. The Hall–Kier alpha value is -1.47. The first-order chi connectivity index (χ1) is 12.7. The number of methoxy groups -OCH3 is 1. The van der Waals surface area contributed by atoms with Crippen LogP contribution in [0.4, 0.5) is 0 Å². The summed E-state index contributed by atoms with van der Waals surface area (Å²) >= 11 is 0. The average molecular weight is 361 g/mol. The Kier molecular flexibility index (Phi) is 5.27. The number of ether oxygens (including phenoxy) is 3. The number of rotatable bonds is 4. The number of hydrogen-bond acceptors (Lipinski definition) is 6. The monoisotopic (exact) mass is 361 g/mol. The molecular formula is C20H27NO5. The number of benzene rings is 1. The predicted octanol–water partition coefficient (Wildman–Crippen LogP) is 2.67. The van der Waals surface area contributed by atoms with Gasteiger partial charge in [0, 0.05) is 25.9 Å². The number of nitrogens with zero attached hydrogens (tertiary/aromatic N) is 1. The van der Waals surface area contributed by atoms with Gasteiger partial charge in [-0.25, -0.2) is 0 Å². The second kappa shape index (κ2) is 7.64. The van der Waals surface area contributed by atoms with E-state index in [2.05, 4.69) is 12.1 Å². The summed E-state index contributed by atoms with van der Waals surface area (Å²) in [7, 11) is 1.42. The van der Waals surface area contributed by atoms with Gasteiger partial charge in [-0.3, -0.25) is 9.63 Å². The van der Waals surface area contributed by atoms with E-state index in [4.69, 9.17) is 19.0 Å². The number of esters is 1. The van der Waals surface area contributed by atoms with Crippen molar-refractivity contribution in [1.82, 2.24) is 5.06 Å². The Morgan fingerprint density at radius 3 is 2.73 bits per heavy atom. The van der Waals surface area contributed by atoms with Crippen molar-refractivity contribution in [3.8, 4) is 0 Å². The maximum absolute atomic E-state index is 12.3. The molecule has 3 atom stereocenters. The molecule has 1 aromatic carbocycles. The van der Waals surface area contributed by atoms with E-state index in [1.54, 1.807) is 0 Å². The van der Waals surface area contributed by atoms with Crippen LogP contribution in [0.15, 0.2) is 30.3 Å². The van der Waals surface area contributed by atoms with Crippen molar-refractivity contribution >= 4 is 5.97 Å². The summed E-state index contributed by atoms with van der Waals surface area (Å²) in [6.07, 6.45) is 4.72. The van der Waals surface area contributed by atoms with E-state index in [-0.39, 0.29) is 24.1 Å². The molecule has 1 aromatic rings. The number of hydroxylamine groups is 2. The van der Waals surface area contributed by atoms with Crippen molar-refractivity contribution in [2.75, 3.05) is 20.3 Å². The molecule has 0 unspecified atom stereocenters. The molecule has 0 bridgehead atoms. The lowest BCUT2D eigenvalue weighted by atomic mass is 9.94. The van der Waals surface area contributed by atoms with Gasteiger partial charge in [0.25, 0.3) is 0 Å². The standard InChI is InChI=1S/C20H27NO5/c1-23-19(22)16-13-21(12-15-8-4-2-5-9-15)26-18(16)17-14-24-20(25-17)10-6-3-7-11-20/h2,4-5,8-9,16-18H,3,6-7,10-14H2,1H3/t16-,17+,18-/m0/s1. The van der Waals surface area contributed by atoms with Crippen molar-refractivity contribution in [3.63, 3.8) is 0 Å². The Morgan fingerprint density at radius 2 is 2.00 bits per heavy atom. The molecule has 0 N–H and O–H groups in total. The van der Waals surface area contributed by atoms with Crippen molar-refractivity contribution in [2.45, 2.75) is 56.6 Å². The van der Waals surface area contributed by atoms with Gasteiger partial charge in [0.15, 0.2) is 5.79 Å². The van der Waals surface area contributed by atoms with E-state index in [0.29, 0.717) is 19.7 Å². The van der Waals surface area contributed by atoms with Crippen molar-refractivity contribution in [1.29, 1.82) is 0 Å². The van der Waals surface area contributed by atoms with E-state index in [0.717, 1.165) is 31.2 Å². The molecule has 142 valence electrons. The smallest absolute Gasteiger partial charge is 0.312 e. The number of hydrogen-bond donors (Lipinski definition) is 0. The van der Waals surface area contributed by atoms with Gasteiger partial charge in [-0.15, -0.1) is 0 Å². The highest BCUT2D eigenvalue weighted by molar-refractivity contribution is 5.73. The van der Waals surface area contributed by atoms with Crippen LogP contribution in [0.5, 0.6) is 0 Å². The Labute approximate surface area is 154 Å². The van der Waals surface area contributed by atoms with Gasteiger partial charge in [-0.05, 0) is 18.4 Å². The van der Waals surface area contributed by atoms with E-state index in [1.807, 2.05) is 23.3 Å². The van der Waals surface area contributed by atoms with Gasteiger partial charge >= 0.3 is 5.97 Å². The van der Waals surface area contributed by atoms with Crippen LogP contribution in [-0.2, 0) is 30.4 Å². The third kappa shape index (κ3) is 3.64. The summed E-state index contributed by atoms with van der Waals surface area (Å²) in [5, 5.41) is 1.84. The van der Waals surface area contributed by atoms with Gasteiger partial charge in [0.05, 0.1) is 13.7 Å².